The van der Waals surface area contributed by atoms with E-state index < -0.39 is 11.7 Å². The summed E-state index contributed by atoms with van der Waals surface area (Å²) in [7, 11) is 0. The highest BCUT2D eigenvalue weighted by Gasteiger charge is 2.32. The van der Waals surface area contributed by atoms with Crippen molar-refractivity contribution >= 4 is 27.3 Å². The van der Waals surface area contributed by atoms with Gasteiger partial charge in [0.15, 0.2) is 0 Å². The quantitative estimate of drug-likeness (QED) is 0.790. The van der Waals surface area contributed by atoms with Gasteiger partial charge in [0.05, 0.1) is 17.0 Å². The Labute approximate surface area is 122 Å². The molecule has 0 spiro atoms. The lowest BCUT2D eigenvalue weighted by molar-refractivity contribution is -0.136. The minimum Gasteiger partial charge on any atom is -0.361 e. The average Bonchev–Trinajstić information content (AvgIpc) is 2.37. The minimum absolute atomic E-state index is 0.0395. The highest BCUT2D eigenvalue weighted by Crippen LogP contribution is 2.34. The molecule has 0 atom stereocenters. The molecule has 2 nitrogen and oxygen atoms in total. The zero-order valence-electron chi connectivity index (χ0n) is 10.1. The van der Waals surface area contributed by atoms with Gasteiger partial charge in [-0.05, 0) is 24.3 Å². The molecule has 0 radical (unpaired) electrons. The third-order valence-electron chi connectivity index (χ3n) is 2.63. The number of alkyl halides is 3. The normalized spacial score (nSPS) is 17.3. The van der Waals surface area contributed by atoms with Crippen molar-refractivity contribution in [1.82, 2.24) is 0 Å². The molecule has 1 aliphatic rings. The Hall–Kier alpha value is -1.82. The molecule has 2 N–H and O–H groups in total. The standard InChI is InChI=1S/C14H10BrF3N2/c15-10-6-5-9(12(19)7-10)8-20-13-4-2-1-3-11(13)14(16,17)18/h1-8,19-20H/b9-8-,19-12?. The molecule has 1 aromatic carbocycles. The van der Waals surface area contributed by atoms with E-state index in [0.29, 0.717) is 5.57 Å². The van der Waals surface area contributed by atoms with Crippen molar-refractivity contribution in [1.29, 1.82) is 5.41 Å². The minimum atomic E-state index is -4.42. The summed E-state index contributed by atoms with van der Waals surface area (Å²) in [6, 6.07) is 5.22. The van der Waals surface area contributed by atoms with Gasteiger partial charge in [-0.25, -0.2) is 0 Å². The molecule has 0 saturated heterocycles. The summed E-state index contributed by atoms with van der Waals surface area (Å²) in [4.78, 5) is 0. The highest BCUT2D eigenvalue weighted by atomic mass is 79.9. The Kier molecular flexibility index (Phi) is 4.13. The smallest absolute Gasteiger partial charge is 0.361 e. The molecule has 0 aliphatic heterocycles. The van der Waals surface area contributed by atoms with Crippen LogP contribution in [0.25, 0.3) is 0 Å². The van der Waals surface area contributed by atoms with Crippen LogP contribution in [0.4, 0.5) is 18.9 Å². The van der Waals surface area contributed by atoms with Crippen LogP contribution in [-0.2, 0) is 6.18 Å². The number of halogens is 4. The maximum Gasteiger partial charge on any atom is 0.418 e. The van der Waals surface area contributed by atoms with E-state index in [1.807, 2.05) is 0 Å². The fraction of sp³-hybridized carbons (Fsp3) is 0.0714. The van der Waals surface area contributed by atoms with E-state index in [0.717, 1.165) is 10.5 Å². The number of rotatable bonds is 2. The number of benzene rings is 1. The van der Waals surface area contributed by atoms with Crippen molar-refractivity contribution in [3.05, 3.63) is 64.3 Å². The fourth-order valence-corrected chi connectivity index (χ4v) is 2.03. The van der Waals surface area contributed by atoms with Crippen LogP contribution in [0.2, 0.25) is 0 Å². The monoisotopic (exact) mass is 342 g/mol. The molecule has 104 valence electrons. The summed E-state index contributed by atoms with van der Waals surface area (Å²) in [5.41, 5.74) is -0.0521. The van der Waals surface area contributed by atoms with Crippen LogP contribution in [0.3, 0.4) is 0 Å². The first kappa shape index (κ1) is 14.6. The van der Waals surface area contributed by atoms with Gasteiger partial charge in [-0.2, -0.15) is 13.2 Å². The summed E-state index contributed by atoms with van der Waals surface area (Å²) < 4.78 is 39.2. The molecule has 0 aromatic heterocycles. The number of nitrogens with one attached hydrogen (secondary N) is 2. The number of para-hydroxylation sites is 1. The second-order valence-corrected chi connectivity index (χ2v) is 4.98. The van der Waals surface area contributed by atoms with Gasteiger partial charge < -0.3 is 10.7 Å². The van der Waals surface area contributed by atoms with E-state index in [-0.39, 0.29) is 11.4 Å². The van der Waals surface area contributed by atoms with Crippen LogP contribution in [0, 0.1) is 5.41 Å². The molecule has 1 aliphatic carbocycles. The van der Waals surface area contributed by atoms with E-state index in [2.05, 4.69) is 21.2 Å². The van der Waals surface area contributed by atoms with Gasteiger partial charge in [-0.3, -0.25) is 0 Å². The summed E-state index contributed by atoms with van der Waals surface area (Å²) in [6.07, 6.45) is 1.92. The average molecular weight is 343 g/mol. The lowest BCUT2D eigenvalue weighted by Gasteiger charge is -2.13. The maximum absolute atomic E-state index is 12.8. The van der Waals surface area contributed by atoms with E-state index in [1.54, 1.807) is 18.2 Å². The number of anilines is 1. The Bertz CT molecular complexity index is 628. The van der Waals surface area contributed by atoms with E-state index >= 15 is 0 Å². The Morgan fingerprint density at radius 2 is 1.85 bits per heavy atom. The molecule has 1 aromatic rings. The predicted molar refractivity (Wildman–Crippen MR) is 77.0 cm³/mol. The molecule has 0 unspecified atom stereocenters. The molecule has 0 bridgehead atoms. The van der Waals surface area contributed by atoms with Gasteiger partial charge in [0.2, 0.25) is 0 Å². The first-order valence-electron chi connectivity index (χ1n) is 5.65. The third kappa shape index (κ3) is 3.39. The number of hydrogen-bond donors (Lipinski definition) is 2. The molecule has 6 heteroatoms. The zero-order chi connectivity index (χ0) is 14.8. The number of allylic oxidation sites excluding steroid dienone is 5. The van der Waals surface area contributed by atoms with Gasteiger partial charge in [0, 0.05) is 16.3 Å². The second kappa shape index (κ2) is 5.66. The third-order valence-corrected chi connectivity index (χ3v) is 3.12. The Balaban J connectivity index is 2.25. The lowest BCUT2D eigenvalue weighted by Crippen LogP contribution is -2.09. The van der Waals surface area contributed by atoms with Crippen LogP contribution in [0.15, 0.2) is 58.7 Å². The molecular formula is C14H10BrF3N2. The summed E-state index contributed by atoms with van der Waals surface area (Å²) >= 11 is 3.23. The molecule has 0 saturated carbocycles. The molecule has 2 rings (SSSR count). The second-order valence-electron chi connectivity index (χ2n) is 4.06. The van der Waals surface area contributed by atoms with Gasteiger partial charge in [-0.1, -0.05) is 34.1 Å². The first-order chi connectivity index (χ1) is 9.38. The SMILES string of the molecule is N=C1C=C(Br)C=C/C1=C/Nc1ccccc1C(F)(F)F. The van der Waals surface area contributed by atoms with Crippen LogP contribution in [-0.4, -0.2) is 5.71 Å². The predicted octanol–water partition coefficient (Wildman–Crippen LogP) is 4.87. The topological polar surface area (TPSA) is 35.9 Å². The van der Waals surface area contributed by atoms with E-state index in [9.17, 15) is 13.2 Å². The molecule has 0 amide bonds. The van der Waals surface area contributed by atoms with Gasteiger partial charge >= 0.3 is 6.18 Å². The summed E-state index contributed by atoms with van der Waals surface area (Å²) in [5.74, 6) is 0. The zero-order valence-corrected chi connectivity index (χ0v) is 11.7. The van der Waals surface area contributed by atoms with Crippen LogP contribution in [0.1, 0.15) is 5.56 Å². The summed E-state index contributed by atoms with van der Waals surface area (Å²) in [5, 5.41) is 10.3. The van der Waals surface area contributed by atoms with Crippen LogP contribution >= 0.6 is 15.9 Å². The van der Waals surface area contributed by atoms with Crippen molar-refractivity contribution in [2.75, 3.05) is 5.32 Å². The fourth-order valence-electron chi connectivity index (χ4n) is 1.67. The van der Waals surface area contributed by atoms with Crippen LogP contribution < -0.4 is 5.32 Å². The van der Waals surface area contributed by atoms with Crippen LogP contribution in [0.5, 0.6) is 0 Å². The Morgan fingerprint density at radius 3 is 2.50 bits per heavy atom. The lowest BCUT2D eigenvalue weighted by atomic mass is 10.1. The van der Waals surface area contributed by atoms with Crippen molar-refractivity contribution in [2.24, 2.45) is 0 Å². The largest absolute Gasteiger partial charge is 0.418 e. The molecule has 0 heterocycles. The van der Waals surface area contributed by atoms with E-state index in [4.69, 9.17) is 5.41 Å². The van der Waals surface area contributed by atoms with E-state index in [1.165, 1.54) is 24.4 Å². The van der Waals surface area contributed by atoms with Gasteiger partial charge in [0.25, 0.3) is 0 Å². The van der Waals surface area contributed by atoms with Crippen molar-refractivity contribution < 1.29 is 13.2 Å². The van der Waals surface area contributed by atoms with Gasteiger partial charge in [-0.15, -0.1) is 0 Å². The molecular weight excluding hydrogens is 333 g/mol. The van der Waals surface area contributed by atoms with Crippen molar-refractivity contribution in [3.8, 4) is 0 Å². The summed E-state index contributed by atoms with van der Waals surface area (Å²) in [6.45, 7) is 0. The molecule has 0 fully saturated rings. The van der Waals surface area contributed by atoms with Crippen molar-refractivity contribution in [2.45, 2.75) is 6.18 Å². The highest BCUT2D eigenvalue weighted by molar-refractivity contribution is 9.11. The maximum atomic E-state index is 12.8. The number of hydrogen-bond acceptors (Lipinski definition) is 2. The Morgan fingerprint density at radius 1 is 1.15 bits per heavy atom. The molecule has 20 heavy (non-hydrogen) atoms. The van der Waals surface area contributed by atoms with Crippen molar-refractivity contribution in [3.63, 3.8) is 0 Å². The van der Waals surface area contributed by atoms with Gasteiger partial charge in [0.1, 0.15) is 0 Å². The first-order valence-corrected chi connectivity index (χ1v) is 6.44.